The fraction of sp³-hybridized carbons (Fsp3) is 0.524. The number of amides is 1. The second kappa shape index (κ2) is 7.37. The fourth-order valence-corrected chi connectivity index (χ4v) is 3.17. The van der Waals surface area contributed by atoms with Crippen LogP contribution in [-0.2, 0) is 14.3 Å². The van der Waals surface area contributed by atoms with Crippen LogP contribution in [0, 0.1) is 11.3 Å². The number of carbonyl (C=O) groups is 2. The van der Waals surface area contributed by atoms with Crippen molar-refractivity contribution in [2.24, 2.45) is 16.4 Å². The summed E-state index contributed by atoms with van der Waals surface area (Å²) >= 11 is 0. The van der Waals surface area contributed by atoms with E-state index in [2.05, 4.69) is 18.9 Å². The lowest BCUT2D eigenvalue weighted by molar-refractivity contribution is -0.161. The van der Waals surface area contributed by atoms with E-state index in [0.29, 0.717) is 6.42 Å². The Bertz CT molecular complexity index is 937. The Labute approximate surface area is 165 Å². The molecule has 1 aliphatic rings. The summed E-state index contributed by atoms with van der Waals surface area (Å²) in [6.45, 7) is 11.3. The van der Waals surface area contributed by atoms with Crippen LogP contribution in [0.3, 0.4) is 0 Å². The van der Waals surface area contributed by atoms with Crippen molar-refractivity contribution in [1.29, 1.82) is 0 Å². The zero-order valence-corrected chi connectivity index (χ0v) is 17.4. The molecule has 28 heavy (non-hydrogen) atoms. The molecule has 3 heterocycles. The summed E-state index contributed by atoms with van der Waals surface area (Å²) in [5.74, 6) is -0.363. The summed E-state index contributed by atoms with van der Waals surface area (Å²) in [6.07, 6.45) is 2.22. The third-order valence-electron chi connectivity index (χ3n) is 4.76. The van der Waals surface area contributed by atoms with Gasteiger partial charge in [-0.2, -0.15) is 15.2 Å². The van der Waals surface area contributed by atoms with Crippen molar-refractivity contribution in [3.05, 3.63) is 35.7 Å². The molecule has 0 bridgehead atoms. The van der Waals surface area contributed by atoms with Crippen molar-refractivity contribution >= 4 is 23.1 Å². The maximum absolute atomic E-state index is 12.5. The predicted molar refractivity (Wildman–Crippen MR) is 107 cm³/mol. The SMILES string of the molecule is CC1CC(=O)N(COC(=O)C(C)(C)C)N=C1c1c(C(C)C)nn2ccccc12. The van der Waals surface area contributed by atoms with E-state index in [-0.39, 0.29) is 30.4 Å². The van der Waals surface area contributed by atoms with E-state index in [1.54, 1.807) is 20.8 Å². The maximum Gasteiger partial charge on any atom is 0.313 e. The number of pyridine rings is 1. The third kappa shape index (κ3) is 3.79. The number of esters is 1. The molecule has 1 unspecified atom stereocenters. The van der Waals surface area contributed by atoms with Crippen molar-refractivity contribution < 1.29 is 14.3 Å². The van der Waals surface area contributed by atoms with Crippen LogP contribution in [0.2, 0.25) is 0 Å². The summed E-state index contributed by atoms with van der Waals surface area (Å²) in [4.78, 5) is 24.6. The van der Waals surface area contributed by atoms with E-state index in [4.69, 9.17) is 9.84 Å². The van der Waals surface area contributed by atoms with Gasteiger partial charge in [0.2, 0.25) is 5.91 Å². The molecule has 2 aromatic rings. The molecule has 7 heteroatoms. The van der Waals surface area contributed by atoms with Crippen molar-refractivity contribution in [2.45, 2.75) is 53.9 Å². The van der Waals surface area contributed by atoms with E-state index >= 15 is 0 Å². The van der Waals surface area contributed by atoms with Crippen LogP contribution in [0.1, 0.15) is 65.1 Å². The third-order valence-corrected chi connectivity index (χ3v) is 4.76. The molecule has 0 saturated carbocycles. The average Bonchev–Trinajstić information content (AvgIpc) is 2.99. The molecule has 0 aromatic carbocycles. The van der Waals surface area contributed by atoms with E-state index in [1.165, 1.54) is 5.01 Å². The number of aromatic nitrogens is 2. The Hall–Kier alpha value is -2.70. The first kappa shape index (κ1) is 20.0. The molecule has 1 atom stereocenters. The van der Waals surface area contributed by atoms with Crippen LogP contribution in [0.25, 0.3) is 5.52 Å². The van der Waals surface area contributed by atoms with Crippen LogP contribution in [0.5, 0.6) is 0 Å². The Kier molecular flexibility index (Phi) is 5.28. The van der Waals surface area contributed by atoms with Crippen LogP contribution in [0.15, 0.2) is 29.5 Å². The van der Waals surface area contributed by atoms with Gasteiger partial charge in [-0.05, 0) is 38.8 Å². The largest absolute Gasteiger partial charge is 0.442 e. The molecule has 150 valence electrons. The minimum Gasteiger partial charge on any atom is -0.442 e. The van der Waals surface area contributed by atoms with Gasteiger partial charge in [0, 0.05) is 24.1 Å². The van der Waals surface area contributed by atoms with Gasteiger partial charge in [-0.15, -0.1) is 0 Å². The van der Waals surface area contributed by atoms with E-state index in [0.717, 1.165) is 22.5 Å². The van der Waals surface area contributed by atoms with Gasteiger partial charge < -0.3 is 4.74 Å². The fourth-order valence-electron chi connectivity index (χ4n) is 3.17. The monoisotopic (exact) mass is 384 g/mol. The first-order chi connectivity index (χ1) is 13.1. The van der Waals surface area contributed by atoms with Crippen LogP contribution >= 0.6 is 0 Å². The lowest BCUT2D eigenvalue weighted by Gasteiger charge is -2.28. The summed E-state index contributed by atoms with van der Waals surface area (Å²) in [5, 5.41) is 10.6. The molecule has 0 aliphatic carbocycles. The normalized spacial score (nSPS) is 18.0. The quantitative estimate of drug-likeness (QED) is 0.755. The minimum atomic E-state index is -0.633. The van der Waals surface area contributed by atoms with Gasteiger partial charge >= 0.3 is 5.97 Å². The molecule has 0 radical (unpaired) electrons. The number of hydrazone groups is 1. The molecule has 7 nitrogen and oxygen atoms in total. The van der Waals surface area contributed by atoms with Crippen molar-refractivity contribution in [1.82, 2.24) is 14.6 Å². The van der Waals surface area contributed by atoms with E-state index in [9.17, 15) is 9.59 Å². The Balaban J connectivity index is 2.00. The summed E-state index contributed by atoms with van der Waals surface area (Å²) in [7, 11) is 0. The standard InChI is InChI=1S/C21H28N4O3/c1-13(2)18-17(15-9-7-8-10-24(15)22-18)19-14(3)11-16(26)25(23-19)12-28-20(27)21(4,5)6/h7-10,13-14H,11-12H2,1-6H3. The van der Waals surface area contributed by atoms with Crippen molar-refractivity contribution in [3.63, 3.8) is 0 Å². The van der Waals surface area contributed by atoms with E-state index in [1.807, 2.05) is 35.8 Å². The molecule has 3 rings (SSSR count). The zero-order valence-electron chi connectivity index (χ0n) is 17.4. The van der Waals surface area contributed by atoms with Gasteiger partial charge in [0.15, 0.2) is 6.73 Å². The van der Waals surface area contributed by atoms with Gasteiger partial charge in [0.05, 0.1) is 22.3 Å². The van der Waals surface area contributed by atoms with Gasteiger partial charge in [-0.3, -0.25) is 9.59 Å². The van der Waals surface area contributed by atoms with Crippen molar-refractivity contribution in [3.8, 4) is 0 Å². The Morgan fingerprint density at radius 2 is 2.04 bits per heavy atom. The predicted octanol–water partition coefficient (Wildman–Crippen LogP) is 3.58. The first-order valence-corrected chi connectivity index (χ1v) is 9.63. The summed E-state index contributed by atoms with van der Waals surface area (Å²) in [6, 6.07) is 5.90. The van der Waals surface area contributed by atoms with Crippen LogP contribution in [-0.4, -0.2) is 38.9 Å². The number of rotatable bonds is 4. The number of ether oxygens (including phenoxy) is 1. The average molecular weight is 384 g/mol. The summed E-state index contributed by atoms with van der Waals surface area (Å²) in [5.41, 5.74) is 3.03. The molecule has 0 fully saturated rings. The number of hydrogen-bond acceptors (Lipinski definition) is 5. The van der Waals surface area contributed by atoms with Crippen LogP contribution < -0.4 is 0 Å². The topological polar surface area (TPSA) is 76.3 Å². The number of hydrogen-bond donors (Lipinski definition) is 0. The summed E-state index contributed by atoms with van der Waals surface area (Å²) < 4.78 is 7.17. The highest BCUT2D eigenvalue weighted by Crippen LogP contribution is 2.29. The molecule has 0 N–H and O–H groups in total. The smallest absolute Gasteiger partial charge is 0.313 e. The molecule has 1 amide bonds. The highest BCUT2D eigenvalue weighted by atomic mass is 16.5. The van der Waals surface area contributed by atoms with Crippen molar-refractivity contribution in [2.75, 3.05) is 6.73 Å². The van der Waals surface area contributed by atoms with E-state index < -0.39 is 5.41 Å². The molecular weight excluding hydrogens is 356 g/mol. The van der Waals surface area contributed by atoms with Gasteiger partial charge in [0.1, 0.15) is 0 Å². The lowest BCUT2D eigenvalue weighted by atomic mass is 9.90. The second-order valence-corrected chi connectivity index (χ2v) is 8.64. The number of fused-ring (bicyclic) bond motifs is 1. The van der Waals surface area contributed by atoms with Gasteiger partial charge in [0.25, 0.3) is 0 Å². The molecule has 2 aromatic heterocycles. The molecule has 0 saturated heterocycles. The Morgan fingerprint density at radius 1 is 1.32 bits per heavy atom. The lowest BCUT2D eigenvalue weighted by Crippen LogP contribution is -2.39. The molecule has 1 aliphatic heterocycles. The molecular formula is C21H28N4O3. The number of nitrogens with zero attached hydrogens (tertiary/aromatic N) is 4. The van der Waals surface area contributed by atoms with Gasteiger partial charge in [-0.25, -0.2) is 4.52 Å². The number of carbonyl (C=O) groups excluding carboxylic acids is 2. The first-order valence-electron chi connectivity index (χ1n) is 9.63. The minimum absolute atomic E-state index is 0.0484. The highest BCUT2D eigenvalue weighted by molar-refractivity contribution is 6.11. The highest BCUT2D eigenvalue weighted by Gasteiger charge is 2.33. The maximum atomic E-state index is 12.5. The van der Waals surface area contributed by atoms with Gasteiger partial charge in [-0.1, -0.05) is 26.8 Å². The zero-order chi connectivity index (χ0) is 20.6. The second-order valence-electron chi connectivity index (χ2n) is 8.64. The van der Waals surface area contributed by atoms with Crippen LogP contribution in [0.4, 0.5) is 0 Å². The molecule has 0 spiro atoms. The Morgan fingerprint density at radius 3 is 2.68 bits per heavy atom.